The standard InChI is InChI=1S/C13H21NO2S/c1-10(17-9-3-8-15)13(14)11-4-6-12(16-2)7-5-11/h4-7,10,13,15H,3,8-9,14H2,1-2H3. The van der Waals surface area contributed by atoms with Crippen LogP contribution in [0.5, 0.6) is 5.75 Å². The lowest BCUT2D eigenvalue weighted by molar-refractivity contribution is 0.296. The molecule has 3 nitrogen and oxygen atoms in total. The van der Waals surface area contributed by atoms with Gasteiger partial charge >= 0.3 is 0 Å². The van der Waals surface area contributed by atoms with Crippen LogP contribution in [0.3, 0.4) is 0 Å². The summed E-state index contributed by atoms with van der Waals surface area (Å²) in [6.07, 6.45) is 0.824. The van der Waals surface area contributed by atoms with Crippen LogP contribution in [0, 0.1) is 0 Å². The maximum absolute atomic E-state index is 8.73. The molecule has 0 aliphatic rings. The molecule has 0 saturated heterocycles. The summed E-state index contributed by atoms with van der Waals surface area (Å²) in [4.78, 5) is 0. The molecule has 96 valence electrons. The number of methoxy groups -OCH3 is 1. The number of benzene rings is 1. The van der Waals surface area contributed by atoms with E-state index in [1.807, 2.05) is 24.3 Å². The molecular weight excluding hydrogens is 234 g/mol. The fraction of sp³-hybridized carbons (Fsp3) is 0.538. The highest BCUT2D eigenvalue weighted by molar-refractivity contribution is 7.99. The molecule has 3 N–H and O–H groups in total. The quantitative estimate of drug-likeness (QED) is 0.733. The summed E-state index contributed by atoms with van der Waals surface area (Å²) >= 11 is 1.80. The molecule has 17 heavy (non-hydrogen) atoms. The highest BCUT2D eigenvalue weighted by Gasteiger charge is 2.14. The molecule has 0 aliphatic carbocycles. The van der Waals surface area contributed by atoms with Gasteiger partial charge in [0.1, 0.15) is 5.75 Å². The van der Waals surface area contributed by atoms with Crippen molar-refractivity contribution in [1.82, 2.24) is 0 Å². The lowest BCUT2D eigenvalue weighted by Gasteiger charge is -2.20. The second-order valence-corrected chi connectivity index (χ2v) is 5.44. The van der Waals surface area contributed by atoms with Crippen molar-refractivity contribution in [3.8, 4) is 5.75 Å². The van der Waals surface area contributed by atoms with Crippen LogP contribution in [0.15, 0.2) is 24.3 Å². The Morgan fingerprint density at radius 2 is 2.00 bits per heavy atom. The Kier molecular flexibility index (Phi) is 6.40. The van der Waals surface area contributed by atoms with Gasteiger partial charge in [0.25, 0.3) is 0 Å². The molecule has 2 unspecified atom stereocenters. The van der Waals surface area contributed by atoms with E-state index in [1.165, 1.54) is 0 Å². The van der Waals surface area contributed by atoms with E-state index in [1.54, 1.807) is 18.9 Å². The third kappa shape index (κ3) is 4.58. The highest BCUT2D eigenvalue weighted by Crippen LogP contribution is 2.26. The van der Waals surface area contributed by atoms with Crippen LogP contribution in [-0.4, -0.2) is 29.8 Å². The van der Waals surface area contributed by atoms with Gasteiger partial charge in [0, 0.05) is 17.9 Å². The van der Waals surface area contributed by atoms with Crippen LogP contribution in [-0.2, 0) is 0 Å². The molecule has 0 bridgehead atoms. The normalized spacial score (nSPS) is 14.4. The average molecular weight is 255 g/mol. The van der Waals surface area contributed by atoms with Crippen LogP contribution in [0.2, 0.25) is 0 Å². The Labute approximate surface area is 107 Å². The van der Waals surface area contributed by atoms with Gasteiger partial charge in [-0.2, -0.15) is 11.8 Å². The number of hydrogen-bond acceptors (Lipinski definition) is 4. The number of aliphatic hydroxyl groups is 1. The molecule has 1 rings (SSSR count). The van der Waals surface area contributed by atoms with Crippen LogP contribution in [0.25, 0.3) is 0 Å². The SMILES string of the molecule is COc1ccc(C(N)C(C)SCCCO)cc1. The summed E-state index contributed by atoms with van der Waals surface area (Å²) in [6, 6.07) is 7.89. The summed E-state index contributed by atoms with van der Waals surface area (Å²) in [7, 11) is 1.66. The monoisotopic (exact) mass is 255 g/mol. The number of hydrogen-bond donors (Lipinski definition) is 2. The van der Waals surface area contributed by atoms with E-state index in [4.69, 9.17) is 15.6 Å². The van der Waals surface area contributed by atoms with Crippen molar-refractivity contribution in [3.05, 3.63) is 29.8 Å². The third-order valence-corrected chi connectivity index (χ3v) is 4.03. The first kappa shape index (κ1) is 14.4. The molecule has 0 aliphatic heterocycles. The molecule has 0 fully saturated rings. The van der Waals surface area contributed by atoms with Gasteiger partial charge in [-0.15, -0.1) is 0 Å². The topological polar surface area (TPSA) is 55.5 Å². The van der Waals surface area contributed by atoms with Crippen LogP contribution < -0.4 is 10.5 Å². The Balaban J connectivity index is 2.52. The van der Waals surface area contributed by atoms with Gasteiger partial charge in [0.05, 0.1) is 7.11 Å². The van der Waals surface area contributed by atoms with Crippen molar-refractivity contribution < 1.29 is 9.84 Å². The molecule has 1 aromatic rings. The maximum Gasteiger partial charge on any atom is 0.118 e. The Morgan fingerprint density at radius 3 is 2.53 bits per heavy atom. The van der Waals surface area contributed by atoms with Gasteiger partial charge < -0.3 is 15.6 Å². The largest absolute Gasteiger partial charge is 0.497 e. The summed E-state index contributed by atoms with van der Waals surface area (Å²) in [5.74, 6) is 1.79. The Bertz CT molecular complexity index is 316. The van der Waals surface area contributed by atoms with E-state index in [0.29, 0.717) is 5.25 Å². The predicted octanol–water partition coefficient (Wildman–Crippen LogP) is 2.20. The van der Waals surface area contributed by atoms with Crippen molar-refractivity contribution in [1.29, 1.82) is 0 Å². The third-order valence-electron chi connectivity index (χ3n) is 2.69. The van der Waals surface area contributed by atoms with Gasteiger partial charge in [-0.3, -0.25) is 0 Å². The van der Waals surface area contributed by atoms with Crippen molar-refractivity contribution in [2.75, 3.05) is 19.5 Å². The van der Waals surface area contributed by atoms with Gasteiger partial charge in [-0.1, -0.05) is 19.1 Å². The minimum Gasteiger partial charge on any atom is -0.497 e. The van der Waals surface area contributed by atoms with E-state index in [2.05, 4.69) is 6.92 Å². The van der Waals surface area contributed by atoms with E-state index < -0.39 is 0 Å². The molecule has 0 heterocycles. The van der Waals surface area contributed by atoms with E-state index in [9.17, 15) is 0 Å². The molecule has 0 aromatic heterocycles. The molecule has 0 radical (unpaired) electrons. The summed E-state index contributed by atoms with van der Waals surface area (Å²) in [5.41, 5.74) is 7.31. The fourth-order valence-corrected chi connectivity index (χ4v) is 2.57. The van der Waals surface area contributed by atoms with Crippen LogP contribution in [0.1, 0.15) is 24.9 Å². The first-order chi connectivity index (χ1) is 8.19. The zero-order valence-electron chi connectivity index (χ0n) is 10.4. The summed E-state index contributed by atoms with van der Waals surface area (Å²) in [6.45, 7) is 2.37. The van der Waals surface area contributed by atoms with E-state index in [-0.39, 0.29) is 12.6 Å². The summed E-state index contributed by atoms with van der Waals surface area (Å²) in [5, 5.41) is 9.08. The number of rotatable bonds is 7. The first-order valence-corrected chi connectivity index (χ1v) is 6.86. The molecule has 4 heteroatoms. The molecule has 0 amide bonds. The fourth-order valence-electron chi connectivity index (χ4n) is 1.53. The van der Waals surface area contributed by atoms with Gasteiger partial charge in [-0.25, -0.2) is 0 Å². The van der Waals surface area contributed by atoms with Gasteiger partial charge in [0.15, 0.2) is 0 Å². The predicted molar refractivity (Wildman–Crippen MR) is 73.5 cm³/mol. The minimum absolute atomic E-state index is 0.0181. The number of ether oxygens (including phenoxy) is 1. The van der Waals surface area contributed by atoms with Crippen molar-refractivity contribution in [3.63, 3.8) is 0 Å². The minimum atomic E-state index is 0.0181. The number of nitrogens with two attached hydrogens (primary N) is 1. The van der Waals surface area contributed by atoms with Crippen molar-refractivity contribution >= 4 is 11.8 Å². The van der Waals surface area contributed by atoms with E-state index >= 15 is 0 Å². The van der Waals surface area contributed by atoms with Gasteiger partial charge in [0.2, 0.25) is 0 Å². The number of aliphatic hydroxyl groups excluding tert-OH is 1. The second kappa shape index (κ2) is 7.58. The average Bonchev–Trinajstić information content (AvgIpc) is 2.38. The lowest BCUT2D eigenvalue weighted by Crippen LogP contribution is -2.21. The smallest absolute Gasteiger partial charge is 0.118 e. The molecular formula is C13H21NO2S. The maximum atomic E-state index is 8.73. The Hall–Kier alpha value is -0.710. The zero-order chi connectivity index (χ0) is 12.7. The summed E-state index contributed by atoms with van der Waals surface area (Å²) < 4.78 is 5.12. The molecule has 2 atom stereocenters. The van der Waals surface area contributed by atoms with Crippen LogP contribution in [0.4, 0.5) is 0 Å². The second-order valence-electron chi connectivity index (χ2n) is 3.95. The molecule has 0 spiro atoms. The van der Waals surface area contributed by atoms with Crippen molar-refractivity contribution in [2.45, 2.75) is 24.6 Å². The Morgan fingerprint density at radius 1 is 1.35 bits per heavy atom. The first-order valence-electron chi connectivity index (χ1n) is 5.81. The molecule has 0 saturated carbocycles. The van der Waals surface area contributed by atoms with Crippen molar-refractivity contribution in [2.24, 2.45) is 5.73 Å². The lowest BCUT2D eigenvalue weighted by atomic mass is 10.1. The van der Waals surface area contributed by atoms with E-state index in [0.717, 1.165) is 23.5 Å². The highest BCUT2D eigenvalue weighted by atomic mass is 32.2. The zero-order valence-corrected chi connectivity index (χ0v) is 11.2. The molecule has 1 aromatic carbocycles. The number of thioether (sulfide) groups is 1. The van der Waals surface area contributed by atoms with Crippen LogP contribution >= 0.6 is 11.8 Å². The van der Waals surface area contributed by atoms with Gasteiger partial charge in [-0.05, 0) is 29.9 Å².